The third-order valence-electron chi connectivity index (χ3n) is 4.87. The van der Waals surface area contributed by atoms with E-state index in [1.807, 2.05) is 60.0 Å². The smallest absolute Gasteiger partial charge is 0.227 e. The van der Waals surface area contributed by atoms with E-state index in [1.165, 1.54) is 0 Å². The van der Waals surface area contributed by atoms with E-state index >= 15 is 0 Å². The maximum atomic E-state index is 12.6. The van der Waals surface area contributed by atoms with Crippen LogP contribution in [0.25, 0.3) is 16.4 Å². The zero-order valence-electron chi connectivity index (χ0n) is 15.6. The number of amides is 1. The van der Waals surface area contributed by atoms with Crippen LogP contribution in [0, 0.1) is 0 Å². The Hall–Kier alpha value is -3.05. The first-order chi connectivity index (χ1) is 13.5. The van der Waals surface area contributed by atoms with Gasteiger partial charge in [0.25, 0.3) is 0 Å². The molecule has 0 fully saturated rings. The third kappa shape index (κ3) is 3.66. The number of hydrogen-bond donors (Lipinski definition) is 1. The van der Waals surface area contributed by atoms with Gasteiger partial charge >= 0.3 is 0 Å². The molecule has 0 saturated heterocycles. The minimum absolute atomic E-state index is 0.0389. The van der Waals surface area contributed by atoms with Crippen molar-refractivity contribution in [2.24, 2.45) is 0 Å². The van der Waals surface area contributed by atoms with E-state index in [-0.39, 0.29) is 11.8 Å². The van der Waals surface area contributed by atoms with Crippen LogP contribution in [-0.2, 0) is 11.3 Å². The van der Waals surface area contributed by atoms with Gasteiger partial charge in [-0.3, -0.25) is 4.79 Å². The van der Waals surface area contributed by atoms with Crippen molar-refractivity contribution in [2.45, 2.75) is 19.4 Å². The highest BCUT2D eigenvalue weighted by molar-refractivity contribution is 6.30. The van der Waals surface area contributed by atoms with Crippen molar-refractivity contribution in [3.8, 4) is 5.75 Å². The lowest BCUT2D eigenvalue weighted by Gasteiger charge is -2.13. The van der Waals surface area contributed by atoms with Crippen LogP contribution < -0.4 is 10.1 Å². The molecule has 0 aliphatic rings. The molecule has 142 valence electrons. The van der Waals surface area contributed by atoms with E-state index < -0.39 is 0 Å². The van der Waals surface area contributed by atoms with Gasteiger partial charge in [-0.25, -0.2) is 4.98 Å². The molecule has 4 rings (SSSR count). The predicted molar refractivity (Wildman–Crippen MR) is 111 cm³/mol. The molecular formula is C22H20ClN3O2. The van der Waals surface area contributed by atoms with Crippen LogP contribution in [0.1, 0.15) is 24.1 Å². The maximum Gasteiger partial charge on any atom is 0.227 e. The lowest BCUT2D eigenvalue weighted by molar-refractivity contribution is -0.122. The van der Waals surface area contributed by atoms with Gasteiger partial charge in [0.15, 0.2) is 0 Å². The summed E-state index contributed by atoms with van der Waals surface area (Å²) in [5, 5.41) is 5.77. The van der Waals surface area contributed by atoms with Gasteiger partial charge in [0.05, 0.1) is 30.3 Å². The fourth-order valence-corrected chi connectivity index (χ4v) is 3.39. The molecule has 2 heterocycles. The highest BCUT2D eigenvalue weighted by Crippen LogP contribution is 2.25. The van der Waals surface area contributed by atoms with Crippen molar-refractivity contribution < 1.29 is 9.53 Å². The van der Waals surface area contributed by atoms with Crippen LogP contribution in [0.3, 0.4) is 0 Å². The number of nitrogens with one attached hydrogen (secondary N) is 1. The Labute approximate surface area is 167 Å². The minimum atomic E-state index is -0.266. The van der Waals surface area contributed by atoms with Crippen LogP contribution in [0.2, 0.25) is 5.02 Å². The second-order valence-electron chi connectivity index (χ2n) is 6.76. The second kappa shape index (κ2) is 7.52. The fourth-order valence-electron chi connectivity index (χ4n) is 3.22. The number of hydrogen-bond acceptors (Lipinski definition) is 3. The van der Waals surface area contributed by atoms with E-state index in [0.717, 1.165) is 33.4 Å². The van der Waals surface area contributed by atoms with Crippen molar-refractivity contribution in [3.05, 3.63) is 77.2 Å². The van der Waals surface area contributed by atoms with Gasteiger partial charge in [-0.1, -0.05) is 35.9 Å². The summed E-state index contributed by atoms with van der Waals surface area (Å²) in [7, 11) is 1.65. The quantitative estimate of drug-likeness (QED) is 0.540. The SMILES string of the molecule is COc1ccc2cc([C@H](C)C(=O)NCc3cn4cc(Cl)ccc4n3)ccc2c1. The van der Waals surface area contributed by atoms with E-state index in [9.17, 15) is 4.79 Å². The number of rotatable bonds is 5. The molecule has 0 bridgehead atoms. The molecule has 1 amide bonds. The van der Waals surface area contributed by atoms with E-state index in [1.54, 1.807) is 19.4 Å². The lowest BCUT2D eigenvalue weighted by atomic mass is 9.97. The molecule has 0 aliphatic carbocycles. The highest BCUT2D eigenvalue weighted by Gasteiger charge is 2.16. The Bertz CT molecular complexity index is 1170. The molecule has 5 nitrogen and oxygen atoms in total. The monoisotopic (exact) mass is 393 g/mol. The Morgan fingerprint density at radius 3 is 2.75 bits per heavy atom. The second-order valence-corrected chi connectivity index (χ2v) is 7.19. The molecule has 6 heteroatoms. The predicted octanol–water partition coefficient (Wildman–Crippen LogP) is 4.57. The Morgan fingerprint density at radius 2 is 1.93 bits per heavy atom. The topological polar surface area (TPSA) is 55.6 Å². The summed E-state index contributed by atoms with van der Waals surface area (Å²) in [5.41, 5.74) is 2.55. The molecule has 0 saturated carbocycles. The number of benzene rings is 2. The van der Waals surface area contributed by atoms with Gasteiger partial charge in [0.1, 0.15) is 11.4 Å². The molecule has 0 spiro atoms. The van der Waals surface area contributed by atoms with Gasteiger partial charge in [-0.2, -0.15) is 0 Å². The first kappa shape index (κ1) is 18.3. The lowest BCUT2D eigenvalue weighted by Crippen LogP contribution is -2.27. The van der Waals surface area contributed by atoms with Crippen LogP contribution in [0.15, 0.2) is 60.9 Å². The van der Waals surface area contributed by atoms with Gasteiger partial charge in [-0.05, 0) is 47.5 Å². The minimum Gasteiger partial charge on any atom is -0.497 e. The molecule has 0 aliphatic heterocycles. The summed E-state index contributed by atoms with van der Waals surface area (Å²) in [6.45, 7) is 2.27. The van der Waals surface area contributed by atoms with Crippen LogP contribution >= 0.6 is 11.6 Å². The van der Waals surface area contributed by atoms with E-state index in [4.69, 9.17) is 16.3 Å². The molecule has 0 unspecified atom stereocenters. The number of pyridine rings is 1. The first-order valence-electron chi connectivity index (χ1n) is 9.02. The molecule has 1 atom stereocenters. The Balaban J connectivity index is 1.47. The van der Waals surface area contributed by atoms with Crippen molar-refractivity contribution >= 4 is 33.9 Å². The Kier molecular flexibility index (Phi) is 4.92. The average molecular weight is 394 g/mol. The van der Waals surface area contributed by atoms with E-state index in [2.05, 4.69) is 10.3 Å². The molecule has 4 aromatic rings. The summed E-state index contributed by atoms with van der Waals surface area (Å²) in [4.78, 5) is 17.1. The number of carbonyl (C=O) groups is 1. The van der Waals surface area contributed by atoms with Gasteiger partial charge in [-0.15, -0.1) is 0 Å². The van der Waals surface area contributed by atoms with Crippen molar-refractivity contribution in [1.82, 2.24) is 14.7 Å². The Morgan fingerprint density at radius 1 is 1.14 bits per heavy atom. The zero-order chi connectivity index (χ0) is 19.7. The molecule has 2 aromatic heterocycles. The molecule has 0 radical (unpaired) electrons. The normalized spacial score (nSPS) is 12.2. The molecule has 28 heavy (non-hydrogen) atoms. The maximum absolute atomic E-state index is 12.6. The summed E-state index contributed by atoms with van der Waals surface area (Å²) < 4.78 is 7.11. The first-order valence-corrected chi connectivity index (χ1v) is 9.40. The van der Waals surface area contributed by atoms with Crippen LogP contribution in [0.5, 0.6) is 5.75 Å². The molecule has 2 aromatic carbocycles. The number of methoxy groups -OCH3 is 1. The fraction of sp³-hybridized carbons (Fsp3) is 0.182. The van der Waals surface area contributed by atoms with Crippen LogP contribution in [0.4, 0.5) is 0 Å². The molecule has 1 N–H and O–H groups in total. The number of nitrogens with zero attached hydrogens (tertiary/aromatic N) is 2. The third-order valence-corrected chi connectivity index (χ3v) is 5.10. The standard InChI is InChI=1S/C22H20ClN3O2/c1-14(15-3-4-17-10-20(28-2)7-5-16(17)9-15)22(27)24-11-19-13-26-12-18(23)6-8-21(26)25-19/h3-10,12-14H,11H2,1-2H3,(H,24,27)/t14-/m0/s1. The summed E-state index contributed by atoms with van der Waals surface area (Å²) in [6.07, 6.45) is 3.66. The van der Waals surface area contributed by atoms with Crippen molar-refractivity contribution in [3.63, 3.8) is 0 Å². The van der Waals surface area contributed by atoms with Crippen molar-refractivity contribution in [2.75, 3.05) is 7.11 Å². The molecular weight excluding hydrogens is 374 g/mol. The van der Waals surface area contributed by atoms with Gasteiger partial charge < -0.3 is 14.5 Å². The summed E-state index contributed by atoms with van der Waals surface area (Å²) in [6, 6.07) is 15.6. The number of aromatic nitrogens is 2. The average Bonchev–Trinajstić information content (AvgIpc) is 3.12. The summed E-state index contributed by atoms with van der Waals surface area (Å²) in [5.74, 6) is 0.515. The zero-order valence-corrected chi connectivity index (χ0v) is 16.4. The van der Waals surface area contributed by atoms with Crippen molar-refractivity contribution in [1.29, 1.82) is 0 Å². The largest absolute Gasteiger partial charge is 0.497 e. The number of ether oxygens (including phenoxy) is 1. The number of halogens is 1. The number of carbonyl (C=O) groups excluding carboxylic acids is 1. The van der Waals surface area contributed by atoms with Crippen LogP contribution in [-0.4, -0.2) is 22.4 Å². The number of fused-ring (bicyclic) bond motifs is 2. The summed E-state index contributed by atoms with van der Waals surface area (Å²) >= 11 is 6.00. The number of imidazole rings is 1. The highest BCUT2D eigenvalue weighted by atomic mass is 35.5. The van der Waals surface area contributed by atoms with Gasteiger partial charge in [0, 0.05) is 12.4 Å². The van der Waals surface area contributed by atoms with Gasteiger partial charge in [0.2, 0.25) is 5.91 Å². The van der Waals surface area contributed by atoms with E-state index in [0.29, 0.717) is 11.6 Å².